The van der Waals surface area contributed by atoms with Gasteiger partial charge in [-0.2, -0.15) is 10.2 Å². The van der Waals surface area contributed by atoms with Crippen LogP contribution < -0.4 is 0 Å². The van der Waals surface area contributed by atoms with Gasteiger partial charge in [0.05, 0.1) is 17.9 Å². The molecule has 126 valence electrons. The number of hydrogen-bond acceptors (Lipinski definition) is 4. The number of aromatic nitrogens is 4. The number of hydrogen-bond donors (Lipinski definition) is 1. The number of nitrogens with one attached hydrogen (secondary N) is 1. The zero-order valence-electron chi connectivity index (χ0n) is 14.5. The molecular weight excluding hydrogens is 322 g/mol. The van der Waals surface area contributed by atoms with Crippen molar-refractivity contribution in [2.24, 2.45) is 7.05 Å². The van der Waals surface area contributed by atoms with Crippen LogP contribution in [0.15, 0.2) is 17.5 Å². The van der Waals surface area contributed by atoms with Gasteiger partial charge in [0.2, 0.25) is 0 Å². The second-order valence-electron chi connectivity index (χ2n) is 6.02. The highest BCUT2D eigenvalue weighted by atomic mass is 32.1. The Bertz CT molecular complexity index is 889. The molecule has 0 saturated carbocycles. The average molecular weight is 343 g/mol. The van der Waals surface area contributed by atoms with Gasteiger partial charge < -0.3 is 4.90 Å². The van der Waals surface area contributed by atoms with Gasteiger partial charge in [0.1, 0.15) is 5.69 Å². The molecular formula is C17H21N5OS. The van der Waals surface area contributed by atoms with Crippen LogP contribution >= 0.6 is 11.3 Å². The molecule has 0 unspecified atom stereocenters. The fourth-order valence-electron chi connectivity index (χ4n) is 2.76. The lowest BCUT2D eigenvalue weighted by atomic mass is 10.1. The van der Waals surface area contributed by atoms with Crippen LogP contribution in [0.3, 0.4) is 0 Å². The van der Waals surface area contributed by atoms with Gasteiger partial charge in [-0.15, -0.1) is 11.3 Å². The molecule has 6 nitrogen and oxygen atoms in total. The molecule has 3 aromatic heterocycles. The molecule has 1 amide bonds. The van der Waals surface area contributed by atoms with Crippen molar-refractivity contribution in [1.29, 1.82) is 0 Å². The van der Waals surface area contributed by atoms with Crippen molar-refractivity contribution in [1.82, 2.24) is 24.9 Å². The lowest BCUT2D eigenvalue weighted by molar-refractivity contribution is 0.0780. The molecule has 0 bridgehead atoms. The third kappa shape index (κ3) is 2.87. The number of carbonyl (C=O) groups excluding carboxylic acids is 1. The van der Waals surface area contributed by atoms with Crippen molar-refractivity contribution in [3.8, 4) is 11.3 Å². The maximum atomic E-state index is 12.6. The quantitative estimate of drug-likeness (QED) is 0.792. The van der Waals surface area contributed by atoms with E-state index in [0.717, 1.165) is 22.6 Å². The second kappa shape index (κ2) is 6.24. The molecule has 0 atom stereocenters. The highest BCUT2D eigenvalue weighted by molar-refractivity contribution is 7.10. The summed E-state index contributed by atoms with van der Waals surface area (Å²) in [5, 5.41) is 13.6. The standard InChI is InChI=1S/C17H21N5OS/c1-10-6-7-24-15(10)9-21(4)17(23)14-8-13(18-19-14)16-11(2)20-22(5)12(16)3/h6-8H,9H2,1-5H3,(H,18,19). The molecule has 0 saturated heterocycles. The number of aromatic amines is 1. The number of aryl methyl sites for hydroxylation is 3. The van der Waals surface area contributed by atoms with E-state index in [0.29, 0.717) is 12.2 Å². The van der Waals surface area contributed by atoms with Crippen LogP contribution in [0.4, 0.5) is 0 Å². The Labute approximate surface area is 145 Å². The predicted octanol–water partition coefficient (Wildman–Crippen LogP) is 3.07. The first kappa shape index (κ1) is 16.4. The zero-order valence-corrected chi connectivity index (χ0v) is 15.4. The highest BCUT2D eigenvalue weighted by Gasteiger charge is 2.19. The summed E-state index contributed by atoms with van der Waals surface area (Å²) in [6.45, 7) is 6.61. The minimum Gasteiger partial charge on any atom is -0.335 e. The zero-order chi connectivity index (χ0) is 17.4. The number of rotatable bonds is 4. The Morgan fingerprint density at radius 3 is 2.71 bits per heavy atom. The largest absolute Gasteiger partial charge is 0.335 e. The van der Waals surface area contributed by atoms with Crippen molar-refractivity contribution < 1.29 is 4.79 Å². The van der Waals surface area contributed by atoms with Crippen molar-refractivity contribution in [2.45, 2.75) is 27.3 Å². The topological polar surface area (TPSA) is 66.8 Å². The van der Waals surface area contributed by atoms with E-state index in [1.807, 2.05) is 38.0 Å². The molecule has 3 heterocycles. The second-order valence-corrected chi connectivity index (χ2v) is 7.02. The number of amides is 1. The van der Waals surface area contributed by atoms with Gasteiger partial charge >= 0.3 is 0 Å². The van der Waals surface area contributed by atoms with Crippen LogP contribution in [0.2, 0.25) is 0 Å². The van der Waals surface area contributed by atoms with Crippen LogP contribution in [0.25, 0.3) is 11.3 Å². The van der Waals surface area contributed by atoms with E-state index in [1.54, 1.807) is 22.3 Å². The van der Waals surface area contributed by atoms with Gasteiger partial charge in [0.25, 0.3) is 5.91 Å². The molecule has 0 spiro atoms. The maximum absolute atomic E-state index is 12.6. The molecule has 3 rings (SSSR count). The summed E-state index contributed by atoms with van der Waals surface area (Å²) in [5.41, 5.74) is 5.37. The van der Waals surface area contributed by atoms with E-state index in [9.17, 15) is 4.79 Å². The molecule has 24 heavy (non-hydrogen) atoms. The van der Waals surface area contributed by atoms with E-state index in [2.05, 4.69) is 28.3 Å². The third-order valence-corrected chi connectivity index (χ3v) is 5.28. The molecule has 1 N–H and O–H groups in total. The van der Waals surface area contributed by atoms with Crippen LogP contribution in [-0.4, -0.2) is 37.8 Å². The first-order valence-corrected chi connectivity index (χ1v) is 8.61. The number of thiophene rings is 1. The van der Waals surface area contributed by atoms with Gasteiger partial charge in [0, 0.05) is 30.2 Å². The van der Waals surface area contributed by atoms with E-state index in [4.69, 9.17) is 0 Å². The van der Waals surface area contributed by atoms with Gasteiger partial charge in [0.15, 0.2) is 0 Å². The van der Waals surface area contributed by atoms with Crippen molar-refractivity contribution in [3.63, 3.8) is 0 Å². The SMILES string of the molecule is Cc1ccsc1CN(C)C(=O)c1cc(-c2c(C)nn(C)c2C)n[nH]1. The lowest BCUT2D eigenvalue weighted by Crippen LogP contribution is -2.26. The van der Waals surface area contributed by atoms with Crippen LogP contribution in [-0.2, 0) is 13.6 Å². The van der Waals surface area contributed by atoms with E-state index in [-0.39, 0.29) is 5.91 Å². The van der Waals surface area contributed by atoms with E-state index >= 15 is 0 Å². The third-order valence-electron chi connectivity index (χ3n) is 4.27. The highest BCUT2D eigenvalue weighted by Crippen LogP contribution is 2.25. The fourth-order valence-corrected chi connectivity index (χ4v) is 3.72. The van der Waals surface area contributed by atoms with Crippen LogP contribution in [0.1, 0.15) is 32.3 Å². The number of nitrogens with zero attached hydrogens (tertiary/aromatic N) is 4. The smallest absolute Gasteiger partial charge is 0.271 e. The first-order valence-electron chi connectivity index (χ1n) is 7.73. The average Bonchev–Trinajstić information content (AvgIpc) is 3.21. The van der Waals surface area contributed by atoms with Gasteiger partial charge in [-0.25, -0.2) is 0 Å². The van der Waals surface area contributed by atoms with Crippen LogP contribution in [0, 0.1) is 20.8 Å². The Balaban J connectivity index is 1.82. The summed E-state index contributed by atoms with van der Waals surface area (Å²) in [5.74, 6) is -0.0688. The summed E-state index contributed by atoms with van der Waals surface area (Å²) >= 11 is 1.67. The maximum Gasteiger partial charge on any atom is 0.271 e. The van der Waals surface area contributed by atoms with Gasteiger partial charge in [-0.3, -0.25) is 14.6 Å². The minimum atomic E-state index is -0.0688. The summed E-state index contributed by atoms with van der Waals surface area (Å²) in [6.07, 6.45) is 0. The lowest BCUT2D eigenvalue weighted by Gasteiger charge is -2.15. The molecule has 0 fully saturated rings. The Kier molecular flexibility index (Phi) is 4.28. The molecule has 0 aromatic carbocycles. The molecule has 3 aromatic rings. The number of H-pyrrole nitrogens is 1. The number of carbonyl (C=O) groups is 1. The molecule has 0 aliphatic heterocycles. The summed E-state index contributed by atoms with van der Waals surface area (Å²) in [4.78, 5) is 15.5. The van der Waals surface area contributed by atoms with Gasteiger partial charge in [-0.05, 0) is 43.8 Å². The molecule has 0 aliphatic rings. The summed E-state index contributed by atoms with van der Waals surface area (Å²) < 4.78 is 1.83. The Morgan fingerprint density at radius 1 is 1.38 bits per heavy atom. The van der Waals surface area contributed by atoms with Crippen molar-refractivity contribution in [3.05, 3.63) is 45.0 Å². The fraction of sp³-hybridized carbons (Fsp3) is 0.353. The molecule has 0 aliphatic carbocycles. The van der Waals surface area contributed by atoms with Crippen LogP contribution in [0.5, 0.6) is 0 Å². The van der Waals surface area contributed by atoms with Crippen molar-refractivity contribution >= 4 is 17.2 Å². The molecule has 0 radical (unpaired) electrons. The van der Waals surface area contributed by atoms with E-state index < -0.39 is 0 Å². The van der Waals surface area contributed by atoms with Gasteiger partial charge in [-0.1, -0.05) is 0 Å². The first-order chi connectivity index (χ1) is 11.4. The minimum absolute atomic E-state index is 0.0688. The van der Waals surface area contributed by atoms with Crippen molar-refractivity contribution in [2.75, 3.05) is 7.05 Å². The monoisotopic (exact) mass is 343 g/mol. The summed E-state index contributed by atoms with van der Waals surface area (Å²) in [6, 6.07) is 3.87. The Hall–Kier alpha value is -2.41. The predicted molar refractivity (Wildman–Crippen MR) is 95.1 cm³/mol. The Morgan fingerprint density at radius 2 is 2.12 bits per heavy atom. The molecule has 7 heteroatoms. The summed E-state index contributed by atoms with van der Waals surface area (Å²) in [7, 11) is 3.71. The van der Waals surface area contributed by atoms with E-state index in [1.165, 1.54) is 10.4 Å². The normalized spacial score (nSPS) is 11.0.